The number of carbonyl (C=O) groups excluding carboxylic acids is 4. The summed E-state index contributed by atoms with van der Waals surface area (Å²) in [5, 5.41) is 25.7. The van der Waals surface area contributed by atoms with E-state index < -0.39 is 42.3 Å². The number of fused-ring (bicyclic) bond motifs is 1. The lowest BCUT2D eigenvalue weighted by atomic mass is 10.0. The topological polar surface area (TPSA) is 164 Å². The Balaban J connectivity index is 1.94. The average Bonchev–Trinajstić information content (AvgIpc) is 2.82. The SMILES string of the molecule is Cc1c(O)cc(O)c2c1C(=O)OC[C@H](NC(=O)OC(C)(C)C)C(=O)N[C@H](C(=O)N1CCOCC1)CSC2. The third kappa shape index (κ3) is 7.41. The van der Waals surface area contributed by atoms with Crippen molar-refractivity contribution in [3.05, 3.63) is 22.8 Å². The largest absolute Gasteiger partial charge is 0.508 e. The summed E-state index contributed by atoms with van der Waals surface area (Å²) >= 11 is 1.21. The molecule has 3 rings (SSSR count). The lowest BCUT2D eigenvalue weighted by Gasteiger charge is -2.31. The van der Waals surface area contributed by atoms with E-state index in [1.54, 1.807) is 25.7 Å². The molecule has 0 radical (unpaired) electrons. The smallest absolute Gasteiger partial charge is 0.408 e. The van der Waals surface area contributed by atoms with Crippen LogP contribution in [0.5, 0.6) is 11.5 Å². The van der Waals surface area contributed by atoms with Gasteiger partial charge in [-0.2, -0.15) is 11.8 Å². The molecule has 2 heterocycles. The molecule has 1 fully saturated rings. The Kier molecular flexibility index (Phi) is 9.13. The number of nitrogens with one attached hydrogen (secondary N) is 2. The van der Waals surface area contributed by atoms with Crippen LogP contribution in [-0.4, -0.2) is 95.3 Å². The molecule has 2 atom stereocenters. The normalized spacial score (nSPS) is 21.5. The number of thioether (sulfide) groups is 1. The average molecular weight is 540 g/mol. The van der Waals surface area contributed by atoms with E-state index in [1.807, 2.05) is 0 Å². The molecule has 13 heteroatoms. The summed E-state index contributed by atoms with van der Waals surface area (Å²) < 4.78 is 15.9. The van der Waals surface area contributed by atoms with Crippen LogP contribution in [0, 0.1) is 6.92 Å². The molecular weight excluding hydrogens is 506 g/mol. The van der Waals surface area contributed by atoms with Crippen molar-refractivity contribution in [3.8, 4) is 11.5 Å². The maximum absolute atomic E-state index is 13.3. The molecule has 12 nitrogen and oxygen atoms in total. The van der Waals surface area contributed by atoms with Gasteiger partial charge < -0.3 is 40.0 Å². The number of phenolic OH excluding ortho intramolecular Hbond substituents is 2. The second-order valence-electron chi connectivity index (χ2n) is 9.70. The van der Waals surface area contributed by atoms with Crippen molar-refractivity contribution in [3.63, 3.8) is 0 Å². The predicted molar refractivity (Wildman–Crippen MR) is 133 cm³/mol. The number of rotatable bonds is 2. The quantitative estimate of drug-likeness (QED) is 0.399. The molecule has 0 aromatic heterocycles. The van der Waals surface area contributed by atoms with Crippen LogP contribution in [0.1, 0.15) is 42.3 Å². The van der Waals surface area contributed by atoms with Crippen LogP contribution in [-0.2, 0) is 29.6 Å². The third-order valence-corrected chi connectivity index (χ3v) is 6.77. The van der Waals surface area contributed by atoms with Crippen LogP contribution >= 0.6 is 11.8 Å². The summed E-state index contributed by atoms with van der Waals surface area (Å²) in [6, 6.07) is -1.20. The summed E-state index contributed by atoms with van der Waals surface area (Å²) in [4.78, 5) is 53.5. The standard InChI is InChI=1S/C24H33N3O9S/c1-13-17(28)9-18(29)14-11-37-12-16(21(31)27-5-7-34-8-6-27)25-20(30)15(10-35-22(32)19(13)14)26-23(33)36-24(2,3)4/h9,15-16,28-29H,5-8,10-12H2,1-4H3,(H,25,30)(H,26,33)/t15-,16-/m0/s1. The number of hydrogen-bond donors (Lipinski definition) is 4. The molecule has 3 amide bonds. The summed E-state index contributed by atoms with van der Waals surface area (Å²) in [5.41, 5.74) is -0.471. The van der Waals surface area contributed by atoms with Gasteiger partial charge in [0.05, 0.1) is 18.8 Å². The van der Waals surface area contributed by atoms with Crippen molar-refractivity contribution in [1.29, 1.82) is 0 Å². The lowest BCUT2D eigenvalue weighted by Crippen LogP contribution is -2.58. The number of aromatic hydroxyl groups is 2. The van der Waals surface area contributed by atoms with Crippen molar-refractivity contribution in [2.24, 2.45) is 0 Å². The number of carbonyl (C=O) groups is 4. The zero-order valence-corrected chi connectivity index (χ0v) is 22.1. The monoisotopic (exact) mass is 539 g/mol. The van der Waals surface area contributed by atoms with Gasteiger partial charge in [0.15, 0.2) is 0 Å². The Hall–Kier alpha value is -3.19. The molecule has 0 bridgehead atoms. The first kappa shape index (κ1) is 28.4. The highest BCUT2D eigenvalue weighted by molar-refractivity contribution is 7.98. The highest BCUT2D eigenvalue weighted by atomic mass is 32.2. The maximum atomic E-state index is 13.3. The molecule has 2 aliphatic heterocycles. The lowest BCUT2D eigenvalue weighted by molar-refractivity contribution is -0.139. The van der Waals surface area contributed by atoms with Gasteiger partial charge in [0.1, 0.15) is 35.8 Å². The minimum Gasteiger partial charge on any atom is -0.508 e. The number of esters is 1. The molecule has 2 aliphatic rings. The van der Waals surface area contributed by atoms with E-state index in [9.17, 15) is 29.4 Å². The number of cyclic esters (lactones) is 1. The van der Waals surface area contributed by atoms with Gasteiger partial charge in [-0.15, -0.1) is 0 Å². The molecule has 1 aromatic carbocycles. The van der Waals surface area contributed by atoms with Gasteiger partial charge in [-0.25, -0.2) is 9.59 Å². The van der Waals surface area contributed by atoms with E-state index in [2.05, 4.69) is 10.6 Å². The Morgan fingerprint density at radius 1 is 1.19 bits per heavy atom. The number of phenols is 2. The molecule has 0 aliphatic carbocycles. The van der Waals surface area contributed by atoms with Crippen LogP contribution in [0.2, 0.25) is 0 Å². The summed E-state index contributed by atoms with van der Waals surface area (Å²) in [7, 11) is 0. The van der Waals surface area contributed by atoms with E-state index >= 15 is 0 Å². The number of alkyl carbamates (subject to hydrolysis) is 1. The van der Waals surface area contributed by atoms with E-state index in [-0.39, 0.29) is 45.6 Å². The molecule has 37 heavy (non-hydrogen) atoms. The number of morpholine rings is 1. The molecular formula is C24H33N3O9S. The highest BCUT2D eigenvalue weighted by Crippen LogP contribution is 2.35. The number of hydrogen-bond acceptors (Lipinski definition) is 10. The predicted octanol–water partition coefficient (Wildman–Crippen LogP) is 1.05. The third-order valence-electron chi connectivity index (χ3n) is 5.70. The number of ether oxygens (including phenoxy) is 3. The van der Waals surface area contributed by atoms with Gasteiger partial charge in [-0.05, 0) is 27.7 Å². The van der Waals surface area contributed by atoms with E-state index in [4.69, 9.17) is 14.2 Å². The summed E-state index contributed by atoms with van der Waals surface area (Å²) in [5.74, 6) is -2.31. The minimum atomic E-state index is -1.38. The van der Waals surface area contributed by atoms with Crippen LogP contribution < -0.4 is 10.6 Å². The van der Waals surface area contributed by atoms with Gasteiger partial charge in [0.2, 0.25) is 11.8 Å². The van der Waals surface area contributed by atoms with E-state index in [0.29, 0.717) is 26.3 Å². The van der Waals surface area contributed by atoms with Crippen molar-refractivity contribution in [2.75, 3.05) is 38.7 Å². The molecule has 1 aromatic rings. The molecule has 1 saturated heterocycles. The molecule has 4 N–H and O–H groups in total. The Labute approximate surface area is 219 Å². The zero-order valence-electron chi connectivity index (χ0n) is 21.3. The minimum absolute atomic E-state index is 0.0435. The van der Waals surface area contributed by atoms with Crippen molar-refractivity contribution < 1.29 is 43.6 Å². The van der Waals surface area contributed by atoms with Crippen LogP contribution in [0.25, 0.3) is 0 Å². The zero-order chi connectivity index (χ0) is 27.3. The van der Waals surface area contributed by atoms with E-state index in [1.165, 1.54) is 18.7 Å². The van der Waals surface area contributed by atoms with Gasteiger partial charge in [-0.1, -0.05) is 0 Å². The van der Waals surface area contributed by atoms with Crippen molar-refractivity contribution in [2.45, 2.75) is 51.1 Å². The Morgan fingerprint density at radius 3 is 2.51 bits per heavy atom. The highest BCUT2D eigenvalue weighted by Gasteiger charge is 2.33. The maximum Gasteiger partial charge on any atom is 0.408 e. The summed E-state index contributed by atoms with van der Waals surface area (Å²) in [6.45, 7) is 7.38. The van der Waals surface area contributed by atoms with Crippen LogP contribution in [0.3, 0.4) is 0 Å². The number of benzene rings is 1. The fraction of sp³-hybridized carbons (Fsp3) is 0.583. The molecule has 0 unspecified atom stereocenters. The first-order valence-corrected chi connectivity index (χ1v) is 13.0. The van der Waals surface area contributed by atoms with E-state index in [0.717, 1.165) is 6.07 Å². The molecule has 204 valence electrons. The number of amides is 3. The Bertz CT molecular complexity index is 1050. The first-order chi connectivity index (χ1) is 17.4. The van der Waals surface area contributed by atoms with Crippen molar-refractivity contribution >= 4 is 35.6 Å². The summed E-state index contributed by atoms with van der Waals surface area (Å²) in [6.07, 6.45) is -0.909. The van der Waals surface area contributed by atoms with Crippen molar-refractivity contribution in [1.82, 2.24) is 15.5 Å². The second kappa shape index (κ2) is 11.9. The second-order valence-corrected chi connectivity index (χ2v) is 10.7. The molecule has 0 saturated carbocycles. The van der Waals surface area contributed by atoms with Crippen LogP contribution in [0.15, 0.2) is 6.07 Å². The van der Waals surface area contributed by atoms with Crippen LogP contribution in [0.4, 0.5) is 4.79 Å². The molecule has 0 spiro atoms. The fourth-order valence-electron chi connectivity index (χ4n) is 3.82. The Morgan fingerprint density at radius 2 is 1.86 bits per heavy atom. The van der Waals surface area contributed by atoms with Gasteiger partial charge in [0, 0.05) is 41.8 Å². The van der Waals surface area contributed by atoms with Gasteiger partial charge >= 0.3 is 12.1 Å². The van der Waals surface area contributed by atoms with Gasteiger partial charge in [-0.3, -0.25) is 9.59 Å². The first-order valence-electron chi connectivity index (χ1n) is 11.8. The van der Waals surface area contributed by atoms with Gasteiger partial charge in [0.25, 0.3) is 0 Å². The number of nitrogens with zero attached hydrogens (tertiary/aromatic N) is 1. The fourth-order valence-corrected chi connectivity index (χ4v) is 4.90.